The summed E-state index contributed by atoms with van der Waals surface area (Å²) in [4.78, 5) is 27.5. The van der Waals surface area contributed by atoms with Crippen LogP contribution in [0.4, 0.5) is 0 Å². The van der Waals surface area contributed by atoms with Gasteiger partial charge in [0, 0.05) is 21.7 Å². The second kappa shape index (κ2) is 10.6. The highest BCUT2D eigenvalue weighted by Crippen LogP contribution is 2.31. The normalized spacial score (nSPS) is 11.3. The fraction of sp³-hybridized carbons (Fsp3) is 0.0667. The van der Waals surface area contributed by atoms with E-state index in [1.165, 1.54) is 0 Å². The number of carbonyl (C=O) groups is 2. The molecule has 0 spiro atoms. The number of Topliss-reactive ketones (excluding diaryl/α,β-unsaturated/α-hetero) is 2. The summed E-state index contributed by atoms with van der Waals surface area (Å²) in [5, 5.41) is 0.578. The third kappa shape index (κ3) is 5.47. The highest BCUT2D eigenvalue weighted by Gasteiger charge is 2.36. The van der Waals surface area contributed by atoms with Crippen LogP contribution in [-0.4, -0.2) is 11.6 Å². The summed E-state index contributed by atoms with van der Waals surface area (Å²) in [5.41, 5.74) is 2.54. The van der Waals surface area contributed by atoms with E-state index in [0.29, 0.717) is 16.1 Å². The highest BCUT2D eigenvalue weighted by molar-refractivity contribution is 6.30. The maximum Gasteiger partial charge on any atom is 0.175 e. The molecule has 1 unspecified atom stereocenters. The number of carbonyl (C=O) groups excluding carboxylic acids is 2. The molecule has 3 heteroatoms. The van der Waals surface area contributed by atoms with Crippen molar-refractivity contribution in [3.05, 3.63) is 143 Å². The van der Waals surface area contributed by atoms with Crippen LogP contribution in [-0.2, 0) is 0 Å². The van der Waals surface area contributed by atoms with Gasteiger partial charge in [-0.2, -0.15) is 0 Å². The predicted molar refractivity (Wildman–Crippen MR) is 133 cm³/mol. The van der Waals surface area contributed by atoms with Crippen LogP contribution in [0.3, 0.4) is 0 Å². The molecule has 0 heterocycles. The summed E-state index contributed by atoms with van der Waals surface area (Å²) < 4.78 is 0. The number of hydrogen-bond acceptors (Lipinski definition) is 2. The van der Waals surface area contributed by atoms with Gasteiger partial charge in [-0.3, -0.25) is 9.59 Å². The van der Waals surface area contributed by atoms with Gasteiger partial charge in [-0.15, -0.1) is 0 Å². The summed E-state index contributed by atoms with van der Waals surface area (Å²) >= 11 is 6.12. The minimum atomic E-state index is -1.01. The average Bonchev–Trinajstić information content (AvgIpc) is 2.88. The lowest BCUT2D eigenvalue weighted by Crippen LogP contribution is -2.30. The minimum Gasteiger partial charge on any atom is -0.293 e. The first kappa shape index (κ1) is 22.3. The van der Waals surface area contributed by atoms with Gasteiger partial charge in [0.1, 0.15) is 5.92 Å². The Morgan fingerprint density at radius 2 is 1.06 bits per heavy atom. The molecular weight excluding hydrogens is 428 g/mol. The summed E-state index contributed by atoms with van der Waals surface area (Å²) in [6, 6.07) is 34.5. The van der Waals surface area contributed by atoms with Crippen LogP contribution in [0, 0.1) is 17.8 Å². The predicted octanol–water partition coefficient (Wildman–Crippen LogP) is 6.86. The van der Waals surface area contributed by atoms with Crippen LogP contribution in [0.5, 0.6) is 0 Å². The summed E-state index contributed by atoms with van der Waals surface area (Å²) in [5.74, 6) is 4.23. The maximum absolute atomic E-state index is 13.7. The monoisotopic (exact) mass is 448 g/mol. The molecule has 4 aromatic carbocycles. The van der Waals surface area contributed by atoms with E-state index in [1.54, 1.807) is 60.7 Å². The fourth-order valence-electron chi connectivity index (χ4n) is 3.70. The molecule has 4 rings (SSSR count). The highest BCUT2D eigenvalue weighted by atomic mass is 35.5. The molecule has 2 nitrogen and oxygen atoms in total. The lowest BCUT2D eigenvalue weighted by molar-refractivity contribution is 0.0797. The van der Waals surface area contributed by atoms with Crippen LogP contribution in [0.2, 0.25) is 5.02 Å². The largest absolute Gasteiger partial charge is 0.293 e. The third-order valence-corrected chi connectivity index (χ3v) is 5.64. The molecule has 0 fully saturated rings. The molecule has 0 radical (unpaired) electrons. The summed E-state index contributed by atoms with van der Waals surface area (Å²) in [6.45, 7) is 0. The Kier molecular flexibility index (Phi) is 7.15. The number of rotatable bonds is 6. The molecular formula is C30H21ClO2. The smallest absolute Gasteiger partial charge is 0.175 e. The standard InChI is InChI=1S/C30H21ClO2/c31-26-19-17-23(18-20-26)27(21-16-22-10-4-1-5-11-22)28(29(32)24-12-6-2-7-13-24)30(33)25-14-8-3-9-15-25/h1-15,17-20,27-28H. The van der Waals surface area contributed by atoms with Gasteiger partial charge >= 0.3 is 0 Å². The molecule has 0 saturated carbocycles. The summed E-state index contributed by atoms with van der Waals surface area (Å²) in [6.07, 6.45) is 0. The quantitative estimate of drug-likeness (QED) is 0.183. The van der Waals surface area contributed by atoms with Crippen LogP contribution >= 0.6 is 11.6 Å². The van der Waals surface area contributed by atoms with Gasteiger partial charge in [0.05, 0.1) is 5.92 Å². The maximum atomic E-state index is 13.7. The molecule has 0 aliphatic heterocycles. The zero-order valence-corrected chi connectivity index (χ0v) is 18.6. The first-order chi connectivity index (χ1) is 16.1. The van der Waals surface area contributed by atoms with Crippen molar-refractivity contribution in [2.24, 2.45) is 5.92 Å². The van der Waals surface area contributed by atoms with Crippen LogP contribution in [0.1, 0.15) is 37.8 Å². The molecule has 0 aliphatic carbocycles. The molecule has 160 valence electrons. The van der Waals surface area contributed by atoms with Gasteiger partial charge in [0.2, 0.25) is 0 Å². The van der Waals surface area contributed by atoms with Gasteiger partial charge in [-0.05, 0) is 29.8 Å². The Hall–Kier alpha value is -3.93. The molecule has 0 bridgehead atoms. The van der Waals surface area contributed by atoms with Crippen molar-refractivity contribution in [1.29, 1.82) is 0 Å². The third-order valence-electron chi connectivity index (χ3n) is 5.39. The average molecular weight is 449 g/mol. The minimum absolute atomic E-state index is 0.258. The second-order valence-electron chi connectivity index (χ2n) is 7.60. The van der Waals surface area contributed by atoms with Gasteiger partial charge in [0.25, 0.3) is 0 Å². The Bertz CT molecular complexity index is 1230. The van der Waals surface area contributed by atoms with Crippen molar-refractivity contribution in [3.8, 4) is 11.8 Å². The lowest BCUT2D eigenvalue weighted by atomic mass is 9.77. The molecule has 0 saturated heterocycles. The molecule has 4 aromatic rings. The van der Waals surface area contributed by atoms with E-state index >= 15 is 0 Å². The first-order valence-electron chi connectivity index (χ1n) is 10.6. The van der Waals surface area contributed by atoms with Crippen LogP contribution in [0.25, 0.3) is 0 Å². The summed E-state index contributed by atoms with van der Waals surface area (Å²) in [7, 11) is 0. The van der Waals surface area contributed by atoms with E-state index in [0.717, 1.165) is 11.1 Å². The van der Waals surface area contributed by atoms with Crippen molar-refractivity contribution < 1.29 is 9.59 Å². The lowest BCUT2D eigenvalue weighted by Gasteiger charge is -2.22. The van der Waals surface area contributed by atoms with Crippen molar-refractivity contribution in [1.82, 2.24) is 0 Å². The van der Waals surface area contributed by atoms with E-state index < -0.39 is 11.8 Å². The van der Waals surface area contributed by atoms with Gasteiger partial charge in [0.15, 0.2) is 11.6 Å². The topological polar surface area (TPSA) is 34.1 Å². The van der Waals surface area contributed by atoms with E-state index in [9.17, 15) is 9.59 Å². The molecule has 0 aliphatic rings. The number of hydrogen-bond donors (Lipinski definition) is 0. The van der Waals surface area contributed by atoms with Gasteiger partial charge < -0.3 is 0 Å². The SMILES string of the molecule is O=C(c1ccccc1)C(C(=O)c1ccccc1)C(C#Cc1ccccc1)c1ccc(Cl)cc1. The molecule has 33 heavy (non-hydrogen) atoms. The van der Waals surface area contributed by atoms with Crippen molar-refractivity contribution in [2.75, 3.05) is 0 Å². The van der Waals surface area contributed by atoms with Gasteiger partial charge in [-0.1, -0.05) is 114 Å². The molecule has 0 aromatic heterocycles. The van der Waals surface area contributed by atoms with E-state index in [4.69, 9.17) is 11.6 Å². The van der Waals surface area contributed by atoms with E-state index in [1.807, 2.05) is 54.6 Å². The molecule has 1 atom stereocenters. The molecule has 0 amide bonds. The Morgan fingerprint density at radius 3 is 1.55 bits per heavy atom. The van der Waals surface area contributed by atoms with Crippen molar-refractivity contribution >= 4 is 23.2 Å². The van der Waals surface area contributed by atoms with Crippen molar-refractivity contribution in [2.45, 2.75) is 5.92 Å². The van der Waals surface area contributed by atoms with E-state index in [2.05, 4.69) is 11.8 Å². The van der Waals surface area contributed by atoms with Gasteiger partial charge in [-0.25, -0.2) is 0 Å². The second-order valence-corrected chi connectivity index (χ2v) is 8.04. The number of benzene rings is 4. The Morgan fingerprint density at radius 1 is 0.606 bits per heavy atom. The fourth-order valence-corrected chi connectivity index (χ4v) is 3.82. The Balaban J connectivity index is 1.86. The Labute approximate surface area is 198 Å². The zero-order valence-electron chi connectivity index (χ0n) is 17.8. The number of ketones is 2. The zero-order chi connectivity index (χ0) is 23.0. The molecule has 0 N–H and O–H groups in total. The van der Waals surface area contributed by atoms with Crippen molar-refractivity contribution in [3.63, 3.8) is 0 Å². The van der Waals surface area contributed by atoms with Crippen LogP contribution in [0.15, 0.2) is 115 Å². The van der Waals surface area contributed by atoms with E-state index in [-0.39, 0.29) is 11.6 Å². The van der Waals surface area contributed by atoms with Crippen LogP contribution < -0.4 is 0 Å². The first-order valence-corrected chi connectivity index (χ1v) is 11.0. The number of halogens is 1.